The Morgan fingerprint density at radius 2 is 1.86 bits per heavy atom. The Kier molecular flexibility index (Phi) is 7.69. The van der Waals surface area contributed by atoms with E-state index < -0.39 is 0 Å². The second-order valence-electron chi connectivity index (χ2n) is 8.58. The molecule has 1 amide bonds. The lowest BCUT2D eigenvalue weighted by molar-refractivity contribution is -0.113. The van der Waals surface area contributed by atoms with Crippen LogP contribution < -0.4 is 5.32 Å². The molecule has 0 aliphatic rings. The number of nitrogens with zero attached hydrogens (tertiary/aromatic N) is 4. The predicted octanol–water partition coefficient (Wildman–Crippen LogP) is 6.98. The number of nitrogens with one attached hydrogen (secondary N) is 1. The van der Waals surface area contributed by atoms with Crippen molar-refractivity contribution in [2.24, 2.45) is 0 Å². The van der Waals surface area contributed by atoms with Gasteiger partial charge in [-0.25, -0.2) is 4.98 Å². The number of hydrogen-bond donors (Lipinski definition) is 1. The Morgan fingerprint density at radius 3 is 2.65 bits per heavy atom. The van der Waals surface area contributed by atoms with Crippen LogP contribution in [-0.2, 0) is 11.2 Å². The molecule has 5 aromatic rings. The molecule has 5 rings (SSSR count). The van der Waals surface area contributed by atoms with E-state index in [1.165, 1.54) is 23.1 Å². The molecule has 0 fully saturated rings. The molecule has 9 heteroatoms. The topological polar surface area (TPSA) is 72.7 Å². The zero-order valence-corrected chi connectivity index (χ0v) is 22.7. The fourth-order valence-electron chi connectivity index (χ4n) is 3.82. The van der Waals surface area contributed by atoms with Gasteiger partial charge in [-0.15, -0.1) is 21.5 Å². The quantitative estimate of drug-likeness (QED) is 0.213. The highest BCUT2D eigenvalue weighted by Gasteiger charge is 2.18. The molecule has 0 bridgehead atoms. The number of thioether (sulfide) groups is 1. The fraction of sp³-hybridized carbons (Fsp3) is 0.143. The maximum absolute atomic E-state index is 12.8. The first-order valence-electron chi connectivity index (χ1n) is 11.7. The predicted molar refractivity (Wildman–Crippen MR) is 152 cm³/mol. The average molecular weight is 546 g/mol. The third-order valence-corrected chi connectivity index (χ3v) is 7.92. The Balaban J connectivity index is 1.28. The van der Waals surface area contributed by atoms with Crippen LogP contribution in [0.2, 0.25) is 5.02 Å². The number of thiazole rings is 1. The molecule has 0 saturated heterocycles. The van der Waals surface area contributed by atoms with Crippen LogP contribution in [-0.4, -0.2) is 31.4 Å². The molecular weight excluding hydrogens is 522 g/mol. The van der Waals surface area contributed by atoms with Gasteiger partial charge in [-0.3, -0.25) is 9.36 Å². The largest absolute Gasteiger partial charge is 0.301 e. The lowest BCUT2D eigenvalue weighted by Crippen LogP contribution is -2.14. The van der Waals surface area contributed by atoms with Crippen molar-refractivity contribution in [3.8, 4) is 17.1 Å². The van der Waals surface area contributed by atoms with Crippen LogP contribution in [0.15, 0.2) is 84.1 Å². The second-order valence-corrected chi connectivity index (χ2v) is 11.0. The summed E-state index contributed by atoms with van der Waals surface area (Å²) in [5.41, 5.74) is 5.20. The van der Waals surface area contributed by atoms with E-state index in [2.05, 4.69) is 32.6 Å². The number of aromatic nitrogens is 4. The molecule has 2 aromatic heterocycles. The highest BCUT2D eigenvalue weighted by molar-refractivity contribution is 7.99. The summed E-state index contributed by atoms with van der Waals surface area (Å²) in [4.78, 5) is 18.2. The molecule has 0 aliphatic carbocycles. The Morgan fingerprint density at radius 1 is 1.03 bits per heavy atom. The Hall–Kier alpha value is -3.46. The number of carbonyl (C=O) groups excluding carboxylic acids is 1. The molecule has 3 aromatic carbocycles. The standard InChI is InChI=1S/C28H24ClN5OS2/c1-18-7-6-10-22(13-18)34-26(21-8-4-3-5-9-21)32-33-28(34)36-17-25(35)31-27-30-16-23(37-27)14-20-12-11-19(2)24(29)15-20/h3-13,15-16H,14,17H2,1-2H3,(H,30,31,35). The molecule has 0 spiro atoms. The van der Waals surface area contributed by atoms with Crippen molar-refractivity contribution in [1.29, 1.82) is 0 Å². The third kappa shape index (κ3) is 6.10. The fourth-order valence-corrected chi connectivity index (χ4v) is 5.64. The minimum atomic E-state index is -0.149. The summed E-state index contributed by atoms with van der Waals surface area (Å²) in [5, 5.41) is 13.7. The lowest BCUT2D eigenvalue weighted by atomic mass is 10.1. The Bertz CT molecular complexity index is 1550. The molecule has 0 radical (unpaired) electrons. The highest BCUT2D eigenvalue weighted by atomic mass is 35.5. The summed E-state index contributed by atoms with van der Waals surface area (Å²) in [6.07, 6.45) is 2.51. The van der Waals surface area contributed by atoms with Gasteiger partial charge in [0.05, 0.1) is 5.75 Å². The summed E-state index contributed by atoms with van der Waals surface area (Å²) >= 11 is 9.06. The zero-order valence-electron chi connectivity index (χ0n) is 20.3. The van der Waals surface area contributed by atoms with Crippen molar-refractivity contribution in [2.45, 2.75) is 25.4 Å². The van der Waals surface area contributed by atoms with Crippen molar-refractivity contribution in [2.75, 3.05) is 11.1 Å². The molecule has 2 heterocycles. The van der Waals surface area contributed by atoms with Crippen LogP contribution in [0.4, 0.5) is 5.13 Å². The van der Waals surface area contributed by atoms with Gasteiger partial charge >= 0.3 is 0 Å². The van der Waals surface area contributed by atoms with E-state index >= 15 is 0 Å². The van der Waals surface area contributed by atoms with E-state index in [4.69, 9.17) is 11.6 Å². The van der Waals surface area contributed by atoms with E-state index in [9.17, 15) is 4.79 Å². The highest BCUT2D eigenvalue weighted by Crippen LogP contribution is 2.29. The summed E-state index contributed by atoms with van der Waals surface area (Å²) < 4.78 is 1.99. The van der Waals surface area contributed by atoms with Crippen LogP contribution in [0.1, 0.15) is 21.6 Å². The van der Waals surface area contributed by atoms with Gasteiger partial charge in [0.15, 0.2) is 16.1 Å². The van der Waals surface area contributed by atoms with Crippen LogP contribution in [0, 0.1) is 13.8 Å². The van der Waals surface area contributed by atoms with Gasteiger partial charge in [0.2, 0.25) is 5.91 Å². The van der Waals surface area contributed by atoms with Crippen LogP contribution >= 0.6 is 34.7 Å². The number of carbonyl (C=O) groups is 1. The van der Waals surface area contributed by atoms with E-state index in [1.807, 2.05) is 79.1 Å². The number of benzene rings is 3. The van der Waals surface area contributed by atoms with Crippen LogP contribution in [0.3, 0.4) is 0 Å². The molecule has 0 atom stereocenters. The molecule has 6 nitrogen and oxygen atoms in total. The maximum Gasteiger partial charge on any atom is 0.236 e. The molecular formula is C28H24ClN5OS2. The van der Waals surface area contributed by atoms with E-state index in [-0.39, 0.29) is 11.7 Å². The van der Waals surface area contributed by atoms with Crippen molar-refractivity contribution in [3.05, 3.63) is 106 Å². The van der Waals surface area contributed by atoms with Crippen LogP contribution in [0.25, 0.3) is 17.1 Å². The van der Waals surface area contributed by atoms with Crippen LogP contribution in [0.5, 0.6) is 0 Å². The molecule has 0 unspecified atom stereocenters. The first kappa shape index (κ1) is 25.2. The summed E-state index contributed by atoms with van der Waals surface area (Å²) in [5.74, 6) is 0.764. The zero-order chi connectivity index (χ0) is 25.8. The third-order valence-electron chi connectivity index (χ3n) is 5.67. The maximum atomic E-state index is 12.8. The van der Waals surface area contributed by atoms with Gasteiger partial charge in [0, 0.05) is 33.8 Å². The van der Waals surface area contributed by atoms with E-state index in [0.717, 1.165) is 43.7 Å². The number of amides is 1. The summed E-state index contributed by atoms with van der Waals surface area (Å²) in [6.45, 7) is 4.03. The van der Waals surface area contributed by atoms with Gasteiger partial charge < -0.3 is 5.32 Å². The molecule has 186 valence electrons. The van der Waals surface area contributed by atoms with Gasteiger partial charge in [-0.1, -0.05) is 78.0 Å². The van der Waals surface area contributed by atoms with Crippen molar-refractivity contribution in [1.82, 2.24) is 19.7 Å². The monoisotopic (exact) mass is 545 g/mol. The van der Waals surface area contributed by atoms with Gasteiger partial charge in [-0.2, -0.15) is 0 Å². The van der Waals surface area contributed by atoms with Crippen molar-refractivity contribution >= 4 is 45.7 Å². The SMILES string of the molecule is Cc1cccc(-n2c(SCC(=O)Nc3ncc(Cc4ccc(C)c(Cl)c4)s3)nnc2-c2ccccc2)c1. The smallest absolute Gasteiger partial charge is 0.236 e. The van der Waals surface area contributed by atoms with Gasteiger partial charge in [0.25, 0.3) is 0 Å². The second kappa shape index (κ2) is 11.3. The van der Waals surface area contributed by atoms with Gasteiger partial charge in [-0.05, 0) is 48.7 Å². The average Bonchev–Trinajstić information content (AvgIpc) is 3.52. The number of halogens is 1. The summed E-state index contributed by atoms with van der Waals surface area (Å²) in [7, 11) is 0. The van der Waals surface area contributed by atoms with Crippen molar-refractivity contribution in [3.63, 3.8) is 0 Å². The Labute approximate surface area is 228 Å². The lowest BCUT2D eigenvalue weighted by Gasteiger charge is -2.11. The minimum Gasteiger partial charge on any atom is -0.301 e. The number of hydrogen-bond acceptors (Lipinski definition) is 6. The number of anilines is 1. The van der Waals surface area contributed by atoms with Crippen molar-refractivity contribution < 1.29 is 4.79 Å². The van der Waals surface area contributed by atoms with Gasteiger partial charge in [0.1, 0.15) is 0 Å². The van der Waals surface area contributed by atoms with E-state index in [0.29, 0.717) is 16.7 Å². The first-order valence-corrected chi connectivity index (χ1v) is 13.8. The molecule has 1 N–H and O–H groups in total. The number of aryl methyl sites for hydroxylation is 2. The normalized spacial score (nSPS) is 11.0. The molecule has 0 aliphatic heterocycles. The first-order chi connectivity index (χ1) is 18.0. The number of rotatable bonds is 8. The summed E-state index contributed by atoms with van der Waals surface area (Å²) in [6, 6.07) is 24.1. The van der Waals surface area contributed by atoms with E-state index in [1.54, 1.807) is 6.20 Å². The molecule has 0 saturated carbocycles. The minimum absolute atomic E-state index is 0.149. The molecule has 37 heavy (non-hydrogen) atoms.